The number of nitrogens with one attached hydrogen (secondary N) is 1. The van der Waals surface area contributed by atoms with E-state index in [4.69, 9.17) is 5.73 Å². The quantitative estimate of drug-likeness (QED) is 0.412. The molecule has 0 aliphatic heterocycles. The van der Waals surface area contributed by atoms with Crippen molar-refractivity contribution in [1.82, 2.24) is 34.5 Å². The van der Waals surface area contributed by atoms with Crippen molar-refractivity contribution in [2.24, 2.45) is 5.73 Å². The van der Waals surface area contributed by atoms with Gasteiger partial charge < -0.3 is 11.1 Å². The van der Waals surface area contributed by atoms with Gasteiger partial charge in [0.2, 0.25) is 0 Å². The van der Waals surface area contributed by atoms with E-state index in [9.17, 15) is 0 Å². The van der Waals surface area contributed by atoms with Gasteiger partial charge in [-0.2, -0.15) is 0 Å². The number of fused-ring (bicyclic) bond motifs is 1. The molecule has 0 unspecified atom stereocenters. The molecule has 0 radical (unpaired) electrons. The van der Waals surface area contributed by atoms with Gasteiger partial charge in [0.25, 0.3) is 0 Å². The summed E-state index contributed by atoms with van der Waals surface area (Å²) in [6, 6.07) is 4.27. The van der Waals surface area contributed by atoms with Crippen molar-refractivity contribution in [3.63, 3.8) is 0 Å². The first-order chi connectivity index (χ1) is 14.7. The van der Waals surface area contributed by atoms with E-state index in [1.54, 1.807) is 12.5 Å². The monoisotopic (exact) mass is 405 g/mol. The van der Waals surface area contributed by atoms with Crippen molar-refractivity contribution in [2.45, 2.75) is 45.7 Å². The van der Waals surface area contributed by atoms with E-state index in [1.807, 2.05) is 40.0 Å². The molecule has 0 saturated carbocycles. The zero-order valence-electron chi connectivity index (χ0n) is 17.4. The number of hydrogen-bond donors (Lipinski definition) is 2. The Labute approximate surface area is 175 Å². The average molecular weight is 406 g/mol. The maximum absolute atomic E-state index is 5.56. The van der Waals surface area contributed by atoms with Crippen molar-refractivity contribution in [1.29, 1.82) is 0 Å². The molecule has 0 aromatic carbocycles. The predicted molar refractivity (Wildman–Crippen MR) is 117 cm³/mol. The fraction of sp³-hybridized carbons (Fsp3) is 0.381. The van der Waals surface area contributed by atoms with Crippen LogP contribution in [0.5, 0.6) is 0 Å². The highest BCUT2D eigenvalue weighted by molar-refractivity contribution is 5.79. The second kappa shape index (κ2) is 9.00. The van der Waals surface area contributed by atoms with E-state index >= 15 is 0 Å². The molecule has 9 nitrogen and oxygen atoms in total. The zero-order chi connectivity index (χ0) is 20.9. The van der Waals surface area contributed by atoms with E-state index in [1.165, 1.54) is 0 Å². The van der Waals surface area contributed by atoms with Crippen molar-refractivity contribution >= 4 is 16.7 Å². The molecule has 0 spiro atoms. The molecule has 4 aromatic heterocycles. The third-order valence-corrected chi connectivity index (χ3v) is 4.84. The summed E-state index contributed by atoms with van der Waals surface area (Å²) in [5.41, 5.74) is 9.07. The minimum absolute atomic E-state index is 0.258. The van der Waals surface area contributed by atoms with Gasteiger partial charge in [0.05, 0.1) is 6.20 Å². The molecule has 156 valence electrons. The molecule has 0 aliphatic rings. The van der Waals surface area contributed by atoms with Gasteiger partial charge in [-0.25, -0.2) is 15.0 Å². The molecule has 0 bridgehead atoms. The Morgan fingerprint density at radius 3 is 2.87 bits per heavy atom. The summed E-state index contributed by atoms with van der Waals surface area (Å²) >= 11 is 0. The topological polar surface area (TPSA) is 112 Å². The van der Waals surface area contributed by atoms with Crippen LogP contribution in [0.15, 0.2) is 43.2 Å². The van der Waals surface area contributed by atoms with E-state index in [2.05, 4.69) is 44.4 Å². The molecular formula is C21H27N9. The number of hydrogen-bond acceptors (Lipinski definition) is 7. The number of aromatic nitrogens is 7. The smallest absolute Gasteiger partial charge is 0.149 e. The number of anilines is 1. The first kappa shape index (κ1) is 20.0. The standard InChI is InChI=1S/C21H27N9/c1-15(2)26-18-10-20(30-9-6-16-11-23-14-25-21(16)30)24-12-17(18)19-13-29(28-27-19)8-5-3-4-7-22/h6,9-15H,3-5,7-8,22H2,1-2H3,(H,24,26). The van der Waals surface area contributed by atoms with Crippen LogP contribution in [0.1, 0.15) is 33.1 Å². The Hall–Kier alpha value is -3.33. The zero-order valence-corrected chi connectivity index (χ0v) is 17.4. The molecule has 0 fully saturated rings. The van der Waals surface area contributed by atoms with Crippen molar-refractivity contribution in [2.75, 3.05) is 11.9 Å². The SMILES string of the molecule is CC(C)Nc1cc(-n2ccc3cncnc32)ncc1-c1cn(CCCCCN)nn1. The van der Waals surface area contributed by atoms with Crippen LogP contribution in [0.25, 0.3) is 28.1 Å². The lowest BCUT2D eigenvalue weighted by molar-refractivity contribution is 0.532. The number of unbranched alkanes of at least 4 members (excludes halogenated alkanes) is 2. The lowest BCUT2D eigenvalue weighted by atomic mass is 10.1. The van der Waals surface area contributed by atoms with Gasteiger partial charge in [0.1, 0.15) is 23.5 Å². The van der Waals surface area contributed by atoms with Crippen molar-refractivity contribution in [3.05, 3.63) is 43.2 Å². The van der Waals surface area contributed by atoms with Crippen LogP contribution in [0.2, 0.25) is 0 Å². The van der Waals surface area contributed by atoms with E-state index < -0.39 is 0 Å². The van der Waals surface area contributed by atoms with E-state index in [0.717, 1.165) is 66.1 Å². The highest BCUT2D eigenvalue weighted by Crippen LogP contribution is 2.29. The molecule has 0 atom stereocenters. The summed E-state index contributed by atoms with van der Waals surface area (Å²) in [5.74, 6) is 0.782. The van der Waals surface area contributed by atoms with Gasteiger partial charge in [-0.1, -0.05) is 11.6 Å². The Bertz CT molecular complexity index is 1110. The maximum atomic E-state index is 5.56. The van der Waals surface area contributed by atoms with Crippen LogP contribution in [0.4, 0.5) is 5.69 Å². The number of pyridine rings is 1. The number of nitrogens with zero attached hydrogens (tertiary/aromatic N) is 7. The summed E-state index contributed by atoms with van der Waals surface area (Å²) in [6.07, 6.45) is 12.3. The highest BCUT2D eigenvalue weighted by atomic mass is 15.4. The minimum atomic E-state index is 0.258. The summed E-state index contributed by atoms with van der Waals surface area (Å²) in [4.78, 5) is 13.2. The summed E-state index contributed by atoms with van der Waals surface area (Å²) in [5, 5.41) is 13.1. The molecule has 30 heavy (non-hydrogen) atoms. The van der Waals surface area contributed by atoms with Gasteiger partial charge in [-0.15, -0.1) is 5.10 Å². The van der Waals surface area contributed by atoms with Crippen LogP contribution in [-0.4, -0.2) is 47.1 Å². The first-order valence-corrected chi connectivity index (χ1v) is 10.3. The molecule has 0 amide bonds. The predicted octanol–water partition coefficient (Wildman–Crippen LogP) is 3.02. The van der Waals surface area contributed by atoms with Crippen molar-refractivity contribution < 1.29 is 0 Å². The number of nitrogens with two attached hydrogens (primary N) is 1. The van der Waals surface area contributed by atoms with Crippen molar-refractivity contribution in [3.8, 4) is 17.1 Å². The molecule has 4 rings (SSSR count). The number of aryl methyl sites for hydroxylation is 1. The van der Waals surface area contributed by atoms with Gasteiger partial charge in [-0.3, -0.25) is 9.25 Å². The maximum Gasteiger partial charge on any atom is 0.149 e. The van der Waals surface area contributed by atoms with Crippen LogP contribution in [0, 0.1) is 0 Å². The van der Waals surface area contributed by atoms with E-state index in [-0.39, 0.29) is 6.04 Å². The summed E-state index contributed by atoms with van der Waals surface area (Å²) < 4.78 is 3.84. The van der Waals surface area contributed by atoms with Crippen LogP contribution in [0.3, 0.4) is 0 Å². The fourth-order valence-corrected chi connectivity index (χ4v) is 3.40. The van der Waals surface area contributed by atoms with Gasteiger partial charge >= 0.3 is 0 Å². The van der Waals surface area contributed by atoms with Gasteiger partial charge in [-0.05, 0) is 39.3 Å². The van der Waals surface area contributed by atoms with Gasteiger partial charge in [0.15, 0.2) is 0 Å². The molecule has 0 saturated heterocycles. The fourth-order valence-electron chi connectivity index (χ4n) is 3.40. The lowest BCUT2D eigenvalue weighted by Crippen LogP contribution is -2.12. The summed E-state index contributed by atoms with van der Waals surface area (Å²) in [7, 11) is 0. The normalized spacial score (nSPS) is 11.5. The number of rotatable bonds is 9. The minimum Gasteiger partial charge on any atom is -0.382 e. The molecule has 3 N–H and O–H groups in total. The highest BCUT2D eigenvalue weighted by Gasteiger charge is 2.14. The molecule has 9 heteroatoms. The Morgan fingerprint density at radius 2 is 2.03 bits per heavy atom. The average Bonchev–Trinajstić information content (AvgIpc) is 3.38. The Balaban J connectivity index is 1.65. The van der Waals surface area contributed by atoms with Gasteiger partial charge in [0, 0.05) is 53.9 Å². The second-order valence-electron chi connectivity index (χ2n) is 7.59. The second-order valence-corrected chi connectivity index (χ2v) is 7.59. The lowest BCUT2D eigenvalue weighted by Gasteiger charge is -2.15. The Kier molecular flexibility index (Phi) is 5.99. The largest absolute Gasteiger partial charge is 0.382 e. The van der Waals surface area contributed by atoms with Crippen LogP contribution >= 0.6 is 0 Å². The third kappa shape index (κ3) is 4.30. The van der Waals surface area contributed by atoms with E-state index in [0.29, 0.717) is 0 Å². The molecular weight excluding hydrogens is 378 g/mol. The third-order valence-electron chi connectivity index (χ3n) is 4.84. The Morgan fingerprint density at radius 1 is 1.13 bits per heavy atom. The molecule has 4 heterocycles. The molecule has 4 aromatic rings. The van der Waals surface area contributed by atoms with Crippen LogP contribution in [-0.2, 0) is 6.54 Å². The summed E-state index contributed by atoms with van der Waals surface area (Å²) in [6.45, 7) is 5.78. The first-order valence-electron chi connectivity index (χ1n) is 10.3. The van der Waals surface area contributed by atoms with Crippen LogP contribution < -0.4 is 11.1 Å². The molecule has 0 aliphatic carbocycles.